The number of aryl methyl sites for hydroxylation is 1. The number of hydrogen-bond acceptors (Lipinski definition) is 2. The summed E-state index contributed by atoms with van der Waals surface area (Å²) in [5.74, 6) is 1.37. The van der Waals surface area contributed by atoms with Crippen LogP contribution in [-0.4, -0.2) is 24.3 Å². The first-order chi connectivity index (χ1) is 15.3. The lowest BCUT2D eigenvalue weighted by Gasteiger charge is -2.55. The molecular weight excluding hydrogens is 390 g/mol. The summed E-state index contributed by atoms with van der Waals surface area (Å²) in [5, 5.41) is 14.1. The molecule has 1 unspecified atom stereocenters. The van der Waals surface area contributed by atoms with Gasteiger partial charge in [0.1, 0.15) is 0 Å². The zero-order chi connectivity index (χ0) is 23.2. The average Bonchev–Trinajstić information content (AvgIpc) is 2.76. The van der Waals surface area contributed by atoms with E-state index in [0.29, 0.717) is 16.7 Å². The van der Waals surface area contributed by atoms with Gasteiger partial charge in [0.25, 0.3) is 0 Å². The van der Waals surface area contributed by atoms with E-state index >= 15 is 0 Å². The van der Waals surface area contributed by atoms with Gasteiger partial charge in [-0.05, 0) is 90.8 Å². The molecule has 0 saturated heterocycles. The third kappa shape index (κ3) is 5.98. The van der Waals surface area contributed by atoms with Crippen LogP contribution in [0.4, 0.5) is 0 Å². The minimum atomic E-state index is -0.104. The Bertz CT molecular complexity index is 713. The molecule has 1 aromatic rings. The quantitative estimate of drug-likeness (QED) is 0.329. The lowest BCUT2D eigenvalue weighted by atomic mass is 9.49. The van der Waals surface area contributed by atoms with Crippen molar-refractivity contribution in [3.05, 3.63) is 34.9 Å². The molecule has 0 heterocycles. The molecular formula is C30H51NO. The molecule has 3 rings (SSSR count). The molecule has 2 aliphatic carbocycles. The molecule has 2 nitrogen and oxygen atoms in total. The van der Waals surface area contributed by atoms with Crippen LogP contribution in [0.1, 0.15) is 128 Å². The van der Waals surface area contributed by atoms with Crippen LogP contribution < -0.4 is 5.32 Å². The molecule has 1 fully saturated rings. The molecule has 0 aliphatic heterocycles. The van der Waals surface area contributed by atoms with Gasteiger partial charge < -0.3 is 10.4 Å². The van der Waals surface area contributed by atoms with E-state index < -0.39 is 0 Å². The Balaban J connectivity index is 1.53. The summed E-state index contributed by atoms with van der Waals surface area (Å²) >= 11 is 0. The Morgan fingerprint density at radius 1 is 1.06 bits per heavy atom. The van der Waals surface area contributed by atoms with Gasteiger partial charge in [0.2, 0.25) is 0 Å². The van der Waals surface area contributed by atoms with Crippen molar-refractivity contribution in [1.29, 1.82) is 0 Å². The zero-order valence-corrected chi connectivity index (χ0v) is 21.8. The number of aliphatic hydroxyl groups excluding tert-OH is 1. The third-order valence-electron chi connectivity index (χ3n) is 8.98. The van der Waals surface area contributed by atoms with E-state index in [9.17, 15) is 5.11 Å². The summed E-state index contributed by atoms with van der Waals surface area (Å²) in [6.07, 6.45) is 14.5. The van der Waals surface area contributed by atoms with E-state index in [1.807, 2.05) is 0 Å². The molecule has 2 N–H and O–H groups in total. The van der Waals surface area contributed by atoms with Gasteiger partial charge in [0.05, 0.1) is 6.10 Å². The summed E-state index contributed by atoms with van der Waals surface area (Å²) in [5.41, 5.74) is 5.47. The van der Waals surface area contributed by atoms with Crippen LogP contribution in [-0.2, 0) is 11.8 Å². The number of rotatable bonds is 12. The summed E-state index contributed by atoms with van der Waals surface area (Å²) in [4.78, 5) is 0. The van der Waals surface area contributed by atoms with Gasteiger partial charge in [-0.25, -0.2) is 0 Å². The monoisotopic (exact) mass is 441 g/mol. The van der Waals surface area contributed by atoms with E-state index in [1.54, 1.807) is 11.1 Å². The van der Waals surface area contributed by atoms with E-state index in [4.69, 9.17) is 0 Å². The molecule has 0 bridgehead atoms. The summed E-state index contributed by atoms with van der Waals surface area (Å²) < 4.78 is 0. The fourth-order valence-electron chi connectivity index (χ4n) is 7.00. The first-order valence-corrected chi connectivity index (χ1v) is 13.8. The van der Waals surface area contributed by atoms with E-state index in [2.05, 4.69) is 58.1 Å². The first kappa shape index (κ1) is 25.8. The highest BCUT2D eigenvalue weighted by Crippen LogP contribution is 2.57. The highest BCUT2D eigenvalue weighted by Gasteiger charge is 2.51. The second-order valence-corrected chi connectivity index (χ2v) is 11.9. The molecule has 1 saturated carbocycles. The predicted octanol–water partition coefficient (Wildman–Crippen LogP) is 7.52. The van der Waals surface area contributed by atoms with E-state index in [-0.39, 0.29) is 6.10 Å². The van der Waals surface area contributed by atoms with Crippen molar-refractivity contribution in [2.75, 3.05) is 13.1 Å². The van der Waals surface area contributed by atoms with Crippen molar-refractivity contribution in [1.82, 2.24) is 5.32 Å². The molecule has 182 valence electrons. The molecule has 0 spiro atoms. The lowest BCUT2D eigenvalue weighted by molar-refractivity contribution is 0.0258. The third-order valence-corrected chi connectivity index (χ3v) is 8.98. The smallest absolute Gasteiger partial charge is 0.0540 e. The van der Waals surface area contributed by atoms with Gasteiger partial charge in [-0.2, -0.15) is 0 Å². The highest BCUT2D eigenvalue weighted by molar-refractivity contribution is 5.42. The normalized spacial score (nSPS) is 28.4. The first-order valence-electron chi connectivity index (χ1n) is 13.8. The average molecular weight is 442 g/mol. The topological polar surface area (TPSA) is 32.3 Å². The Labute approximate surface area is 199 Å². The number of aliphatic hydroxyl groups is 1. The largest absolute Gasteiger partial charge is 0.393 e. The summed E-state index contributed by atoms with van der Waals surface area (Å²) in [7, 11) is 0. The Morgan fingerprint density at radius 3 is 2.59 bits per heavy atom. The van der Waals surface area contributed by atoms with Crippen LogP contribution in [0, 0.1) is 11.3 Å². The van der Waals surface area contributed by atoms with Gasteiger partial charge >= 0.3 is 0 Å². The molecule has 32 heavy (non-hydrogen) atoms. The molecule has 2 aliphatic rings. The van der Waals surface area contributed by atoms with Gasteiger partial charge in [-0.15, -0.1) is 0 Å². The standard InChI is InChI=1S/C30H51NO/c1-6-7-8-9-12-26(32)13-10-20-31-22-29(4)18-11-19-30(5)27-16-14-24(23(2)3)21-25(27)15-17-28(29)30/h14,16,21,23,26,28,31-32H,6-13,15,17-20,22H2,1-5H3/t26?,28-,29-,30+/m0/s1. The number of hydrogen-bond donors (Lipinski definition) is 2. The fourth-order valence-corrected chi connectivity index (χ4v) is 7.00. The number of unbranched alkanes of at least 4 members (excludes halogenated alkanes) is 3. The predicted molar refractivity (Wildman–Crippen MR) is 139 cm³/mol. The summed E-state index contributed by atoms with van der Waals surface area (Å²) in [6.45, 7) is 14.1. The Hall–Kier alpha value is -0.860. The maximum Gasteiger partial charge on any atom is 0.0540 e. The van der Waals surface area contributed by atoms with Crippen LogP contribution >= 0.6 is 0 Å². The second kappa shape index (κ2) is 11.5. The van der Waals surface area contributed by atoms with Crippen molar-refractivity contribution >= 4 is 0 Å². The summed E-state index contributed by atoms with van der Waals surface area (Å²) in [6, 6.07) is 7.39. The zero-order valence-electron chi connectivity index (χ0n) is 21.8. The molecule has 0 amide bonds. The molecule has 0 radical (unpaired) electrons. The van der Waals surface area contributed by atoms with Gasteiger partial charge in [0.15, 0.2) is 0 Å². The highest BCUT2D eigenvalue weighted by atomic mass is 16.3. The van der Waals surface area contributed by atoms with Gasteiger partial charge in [-0.1, -0.05) is 84.9 Å². The Kier molecular flexibility index (Phi) is 9.27. The van der Waals surface area contributed by atoms with Crippen LogP contribution in [0.2, 0.25) is 0 Å². The molecule has 1 aromatic carbocycles. The van der Waals surface area contributed by atoms with Crippen molar-refractivity contribution in [3.63, 3.8) is 0 Å². The second-order valence-electron chi connectivity index (χ2n) is 11.9. The maximum atomic E-state index is 10.3. The van der Waals surface area contributed by atoms with Gasteiger partial charge in [-0.3, -0.25) is 0 Å². The van der Waals surface area contributed by atoms with Crippen molar-refractivity contribution in [3.8, 4) is 0 Å². The van der Waals surface area contributed by atoms with E-state index in [1.165, 1.54) is 63.4 Å². The van der Waals surface area contributed by atoms with Crippen LogP contribution in [0.5, 0.6) is 0 Å². The maximum absolute atomic E-state index is 10.3. The SMILES string of the molecule is CCCCCCC(O)CCCNC[C@]1(C)CCC[C@]2(C)c3ccc(C(C)C)cc3CC[C@@H]12. The molecule has 0 aromatic heterocycles. The van der Waals surface area contributed by atoms with Crippen molar-refractivity contribution in [2.45, 2.75) is 129 Å². The van der Waals surface area contributed by atoms with Crippen molar-refractivity contribution in [2.24, 2.45) is 11.3 Å². The minimum absolute atomic E-state index is 0.104. The van der Waals surface area contributed by atoms with Crippen LogP contribution in [0.25, 0.3) is 0 Å². The lowest BCUT2D eigenvalue weighted by Crippen LogP contribution is -2.52. The number of nitrogens with one attached hydrogen (secondary N) is 1. The van der Waals surface area contributed by atoms with E-state index in [0.717, 1.165) is 38.3 Å². The van der Waals surface area contributed by atoms with Crippen LogP contribution in [0.3, 0.4) is 0 Å². The number of fused-ring (bicyclic) bond motifs is 3. The van der Waals surface area contributed by atoms with Crippen molar-refractivity contribution < 1.29 is 5.11 Å². The van der Waals surface area contributed by atoms with Crippen LogP contribution in [0.15, 0.2) is 18.2 Å². The fraction of sp³-hybridized carbons (Fsp3) is 0.800. The molecule has 4 atom stereocenters. The van der Waals surface area contributed by atoms with Gasteiger partial charge in [0, 0.05) is 6.54 Å². The molecule has 2 heteroatoms. The number of benzene rings is 1. The Morgan fingerprint density at radius 2 is 1.84 bits per heavy atom. The minimum Gasteiger partial charge on any atom is -0.393 e.